The Morgan fingerprint density at radius 2 is 2.35 bits per heavy atom. The smallest absolute Gasteiger partial charge is 0.330 e. The van der Waals surface area contributed by atoms with Gasteiger partial charge in [0.2, 0.25) is 5.82 Å². The fourth-order valence-corrected chi connectivity index (χ4v) is 1.84. The van der Waals surface area contributed by atoms with Crippen molar-refractivity contribution in [2.45, 2.75) is 24.9 Å². The molecule has 1 aliphatic heterocycles. The van der Waals surface area contributed by atoms with Crippen LogP contribution in [-0.2, 0) is 9.57 Å². The number of nitrogens with one attached hydrogen (secondary N) is 1. The molecule has 1 fully saturated rings. The number of hydrogen-bond donors (Lipinski definition) is 2. The Balaban J connectivity index is 2.16. The van der Waals surface area contributed by atoms with Crippen molar-refractivity contribution < 1.29 is 24.2 Å². The molecule has 3 atom stereocenters. The van der Waals surface area contributed by atoms with Crippen molar-refractivity contribution >= 4 is 0 Å². The standard InChI is InChI=1S/C9H10FN3O7/c10-4-2-12(9(16)11-8(4)15)7-1-5(14)6(20-7)3-19-13(17)18/h2,5-7,14H,1,3H2,(H,11,15,16)/t5-,6+,7+/m0/s1. The molecule has 2 heterocycles. The van der Waals surface area contributed by atoms with E-state index in [1.807, 2.05) is 0 Å². The predicted octanol–water partition coefficient (Wildman–Crippen LogP) is -1.47. The lowest BCUT2D eigenvalue weighted by Crippen LogP contribution is -2.34. The van der Waals surface area contributed by atoms with E-state index in [0.717, 1.165) is 4.57 Å². The average molecular weight is 291 g/mol. The number of aliphatic hydroxyl groups is 1. The van der Waals surface area contributed by atoms with Gasteiger partial charge in [0.1, 0.15) is 18.9 Å². The molecule has 20 heavy (non-hydrogen) atoms. The Morgan fingerprint density at radius 1 is 1.65 bits per heavy atom. The quantitative estimate of drug-likeness (QED) is 0.510. The van der Waals surface area contributed by atoms with Gasteiger partial charge in [-0.15, -0.1) is 10.1 Å². The first-order valence-electron chi connectivity index (χ1n) is 5.50. The Hall–Kier alpha value is -2.27. The largest absolute Gasteiger partial charge is 0.390 e. The predicted molar refractivity (Wildman–Crippen MR) is 58.8 cm³/mol. The summed E-state index contributed by atoms with van der Waals surface area (Å²) in [6.07, 6.45) is -2.66. The van der Waals surface area contributed by atoms with Crippen LogP contribution in [0.5, 0.6) is 0 Å². The van der Waals surface area contributed by atoms with Crippen molar-refractivity contribution in [1.29, 1.82) is 0 Å². The lowest BCUT2D eigenvalue weighted by Gasteiger charge is -2.14. The average Bonchev–Trinajstić information content (AvgIpc) is 2.72. The first kappa shape index (κ1) is 14.1. The zero-order valence-corrected chi connectivity index (χ0v) is 9.89. The molecular weight excluding hydrogens is 281 g/mol. The molecule has 11 heteroatoms. The summed E-state index contributed by atoms with van der Waals surface area (Å²) >= 11 is 0. The highest BCUT2D eigenvalue weighted by Gasteiger charge is 2.36. The molecule has 0 radical (unpaired) electrons. The van der Waals surface area contributed by atoms with Gasteiger partial charge in [0.05, 0.1) is 12.3 Å². The van der Waals surface area contributed by atoms with Gasteiger partial charge >= 0.3 is 5.69 Å². The molecule has 1 saturated heterocycles. The van der Waals surface area contributed by atoms with Crippen LogP contribution in [0, 0.1) is 15.9 Å². The molecule has 0 aromatic carbocycles. The van der Waals surface area contributed by atoms with E-state index < -0.39 is 47.2 Å². The van der Waals surface area contributed by atoms with Gasteiger partial charge in [-0.2, -0.15) is 4.39 Å². The SMILES string of the molecule is O=c1[nH]c(=O)n([C@H]2C[C@H](O)[C@@H](CO[N+](=O)[O-])O2)cc1F. The van der Waals surface area contributed by atoms with E-state index in [0.29, 0.717) is 6.20 Å². The van der Waals surface area contributed by atoms with Crippen LogP contribution < -0.4 is 11.2 Å². The van der Waals surface area contributed by atoms with Gasteiger partial charge in [-0.1, -0.05) is 0 Å². The number of aromatic amines is 1. The summed E-state index contributed by atoms with van der Waals surface area (Å²) in [6, 6.07) is 0. The maximum absolute atomic E-state index is 13.1. The number of hydrogen-bond acceptors (Lipinski definition) is 7. The molecule has 0 spiro atoms. The molecule has 0 saturated carbocycles. The number of rotatable bonds is 4. The lowest BCUT2D eigenvalue weighted by atomic mass is 10.2. The summed E-state index contributed by atoms with van der Waals surface area (Å²) in [4.78, 5) is 38.2. The van der Waals surface area contributed by atoms with Crippen molar-refractivity contribution in [2.24, 2.45) is 0 Å². The molecule has 1 aromatic heterocycles. The Kier molecular flexibility index (Phi) is 3.81. The zero-order valence-electron chi connectivity index (χ0n) is 9.89. The molecule has 110 valence electrons. The minimum atomic E-state index is -1.19. The second-order valence-corrected chi connectivity index (χ2v) is 4.10. The summed E-state index contributed by atoms with van der Waals surface area (Å²) in [5, 5.41) is 18.6. The molecule has 10 nitrogen and oxygen atoms in total. The fourth-order valence-electron chi connectivity index (χ4n) is 1.84. The van der Waals surface area contributed by atoms with Crippen LogP contribution in [0.4, 0.5) is 4.39 Å². The number of aliphatic hydroxyl groups excluding tert-OH is 1. The third-order valence-electron chi connectivity index (χ3n) is 2.78. The molecule has 2 N–H and O–H groups in total. The highest BCUT2D eigenvalue weighted by atomic mass is 19.1. The molecular formula is C9H10FN3O7. The maximum Gasteiger partial charge on any atom is 0.330 e. The Morgan fingerprint density at radius 3 is 3.00 bits per heavy atom. The van der Waals surface area contributed by atoms with E-state index in [9.17, 15) is 29.2 Å². The van der Waals surface area contributed by atoms with Crippen LogP contribution in [-0.4, -0.2) is 38.6 Å². The third-order valence-corrected chi connectivity index (χ3v) is 2.78. The first-order valence-corrected chi connectivity index (χ1v) is 5.50. The third kappa shape index (κ3) is 2.83. The van der Waals surface area contributed by atoms with E-state index in [4.69, 9.17) is 4.74 Å². The van der Waals surface area contributed by atoms with E-state index in [1.165, 1.54) is 0 Å². The zero-order chi connectivity index (χ0) is 14.9. The minimum Gasteiger partial charge on any atom is -0.390 e. The van der Waals surface area contributed by atoms with Crippen LogP contribution in [0.2, 0.25) is 0 Å². The van der Waals surface area contributed by atoms with E-state index in [2.05, 4.69) is 4.84 Å². The van der Waals surface area contributed by atoms with Crippen LogP contribution in [0.25, 0.3) is 0 Å². The molecule has 0 amide bonds. The van der Waals surface area contributed by atoms with Gasteiger partial charge in [-0.05, 0) is 0 Å². The van der Waals surface area contributed by atoms with Crippen LogP contribution in [0.3, 0.4) is 0 Å². The van der Waals surface area contributed by atoms with Crippen molar-refractivity contribution in [3.8, 4) is 0 Å². The number of halogens is 1. The summed E-state index contributed by atoms with van der Waals surface area (Å²) in [5.74, 6) is -1.19. The van der Waals surface area contributed by atoms with Crippen molar-refractivity contribution in [3.05, 3.63) is 43.0 Å². The Bertz CT molecular complexity index is 627. The van der Waals surface area contributed by atoms with E-state index >= 15 is 0 Å². The molecule has 2 rings (SSSR count). The summed E-state index contributed by atoms with van der Waals surface area (Å²) < 4.78 is 19.1. The van der Waals surface area contributed by atoms with Crippen LogP contribution in [0.15, 0.2) is 15.8 Å². The summed E-state index contributed by atoms with van der Waals surface area (Å²) in [5.41, 5.74) is -2.08. The lowest BCUT2D eigenvalue weighted by molar-refractivity contribution is -0.759. The summed E-state index contributed by atoms with van der Waals surface area (Å²) in [6.45, 7) is -0.523. The van der Waals surface area contributed by atoms with Gasteiger partial charge in [0, 0.05) is 6.42 Å². The molecule has 1 aliphatic rings. The molecule has 0 bridgehead atoms. The van der Waals surface area contributed by atoms with Gasteiger partial charge in [0.15, 0.2) is 0 Å². The van der Waals surface area contributed by atoms with Crippen molar-refractivity contribution in [1.82, 2.24) is 9.55 Å². The monoisotopic (exact) mass is 291 g/mol. The molecule has 1 aromatic rings. The maximum atomic E-state index is 13.1. The highest BCUT2D eigenvalue weighted by Crippen LogP contribution is 2.27. The second kappa shape index (κ2) is 5.38. The van der Waals surface area contributed by atoms with Crippen LogP contribution >= 0.6 is 0 Å². The molecule has 0 aliphatic carbocycles. The van der Waals surface area contributed by atoms with Gasteiger partial charge in [-0.25, -0.2) is 4.79 Å². The van der Waals surface area contributed by atoms with Crippen molar-refractivity contribution in [3.63, 3.8) is 0 Å². The first-order chi connectivity index (χ1) is 9.38. The van der Waals surface area contributed by atoms with Crippen molar-refractivity contribution in [2.75, 3.05) is 6.61 Å². The minimum absolute atomic E-state index is 0.100. The number of nitrogens with zero attached hydrogens (tertiary/aromatic N) is 2. The van der Waals surface area contributed by atoms with Gasteiger partial charge in [-0.3, -0.25) is 14.3 Å². The second-order valence-electron chi connectivity index (χ2n) is 4.10. The topological polar surface area (TPSA) is 137 Å². The van der Waals surface area contributed by atoms with Gasteiger partial charge < -0.3 is 14.7 Å². The number of aromatic nitrogens is 2. The van der Waals surface area contributed by atoms with E-state index in [1.54, 1.807) is 4.98 Å². The van der Waals surface area contributed by atoms with E-state index in [-0.39, 0.29) is 6.42 Å². The summed E-state index contributed by atoms with van der Waals surface area (Å²) in [7, 11) is 0. The number of ether oxygens (including phenoxy) is 1. The fraction of sp³-hybridized carbons (Fsp3) is 0.556. The normalized spacial score (nSPS) is 25.6. The van der Waals surface area contributed by atoms with Gasteiger partial charge in [0.25, 0.3) is 10.6 Å². The number of H-pyrrole nitrogens is 1. The highest BCUT2D eigenvalue weighted by molar-refractivity contribution is 4.91. The molecule has 0 unspecified atom stereocenters. The van der Waals surface area contributed by atoms with Crippen LogP contribution in [0.1, 0.15) is 12.6 Å². The Labute approximate surface area is 109 Å².